The van der Waals surface area contributed by atoms with Crippen molar-refractivity contribution < 1.29 is 13.9 Å². The molecular weight excluding hydrogens is 385 g/mol. The molecule has 30 heavy (non-hydrogen) atoms. The molecule has 0 radical (unpaired) electrons. The predicted molar refractivity (Wildman–Crippen MR) is 115 cm³/mol. The van der Waals surface area contributed by atoms with Gasteiger partial charge >= 0.3 is 0 Å². The molecule has 2 heterocycles. The lowest BCUT2D eigenvalue weighted by molar-refractivity contribution is 0.0957. The number of nitrogens with two attached hydrogens (primary N) is 1. The Morgan fingerprint density at radius 2 is 2.17 bits per heavy atom. The zero-order chi connectivity index (χ0) is 21.8. The van der Waals surface area contributed by atoms with Crippen LogP contribution in [0.25, 0.3) is 0 Å². The smallest absolute Gasteiger partial charge is 0.269 e. The molecule has 162 valence electrons. The average molecular weight is 416 g/mol. The molecule has 1 aliphatic heterocycles. The second kappa shape index (κ2) is 9.40. The van der Waals surface area contributed by atoms with Gasteiger partial charge in [0.05, 0.1) is 0 Å². The minimum atomic E-state index is -0.431. The summed E-state index contributed by atoms with van der Waals surface area (Å²) in [7, 11) is 1.54. The number of carbonyl (C=O) groups excluding carboxylic acids is 1. The second-order valence-electron chi connectivity index (χ2n) is 7.85. The van der Waals surface area contributed by atoms with Crippen LogP contribution in [0.1, 0.15) is 40.2 Å². The van der Waals surface area contributed by atoms with Gasteiger partial charge in [-0.25, -0.2) is 9.37 Å². The summed E-state index contributed by atoms with van der Waals surface area (Å²) in [6.45, 7) is 8.87. The van der Waals surface area contributed by atoms with Gasteiger partial charge in [-0.3, -0.25) is 9.69 Å². The van der Waals surface area contributed by atoms with E-state index in [-0.39, 0.29) is 23.2 Å². The summed E-state index contributed by atoms with van der Waals surface area (Å²) >= 11 is 0. The van der Waals surface area contributed by atoms with Crippen LogP contribution in [0.2, 0.25) is 0 Å². The molecule has 1 aliphatic rings. The first-order valence-electron chi connectivity index (χ1n) is 10.2. The number of carbonyl (C=O) groups is 1. The lowest BCUT2D eigenvalue weighted by atomic mass is 10.1. The number of nitrogens with one attached hydrogen (secondary N) is 2. The molecule has 2 aromatic rings. The van der Waals surface area contributed by atoms with E-state index < -0.39 is 6.10 Å². The van der Waals surface area contributed by atoms with Crippen LogP contribution in [0.3, 0.4) is 0 Å². The van der Waals surface area contributed by atoms with Crippen molar-refractivity contribution in [1.29, 1.82) is 0 Å². The Labute approximate surface area is 176 Å². The minimum Gasteiger partial charge on any atom is -0.481 e. The fourth-order valence-electron chi connectivity index (χ4n) is 3.63. The van der Waals surface area contributed by atoms with Crippen LogP contribution in [-0.2, 0) is 0 Å². The van der Waals surface area contributed by atoms with Gasteiger partial charge in [0.2, 0.25) is 0 Å². The van der Waals surface area contributed by atoms with Crippen molar-refractivity contribution >= 4 is 11.7 Å². The number of benzene rings is 1. The zero-order valence-corrected chi connectivity index (χ0v) is 18.0. The highest BCUT2D eigenvalue weighted by atomic mass is 19.1. The third-order valence-corrected chi connectivity index (χ3v) is 5.36. The van der Waals surface area contributed by atoms with Crippen molar-refractivity contribution in [3.63, 3.8) is 0 Å². The van der Waals surface area contributed by atoms with Crippen LogP contribution in [-0.4, -0.2) is 55.1 Å². The van der Waals surface area contributed by atoms with E-state index in [9.17, 15) is 9.18 Å². The van der Waals surface area contributed by atoms with E-state index in [4.69, 9.17) is 10.5 Å². The van der Waals surface area contributed by atoms with Crippen LogP contribution >= 0.6 is 0 Å². The molecule has 1 aromatic heterocycles. The van der Waals surface area contributed by atoms with E-state index in [1.165, 1.54) is 6.07 Å². The molecule has 8 heteroatoms. The van der Waals surface area contributed by atoms with Gasteiger partial charge in [-0.1, -0.05) is 12.1 Å². The second-order valence-corrected chi connectivity index (χ2v) is 7.85. The number of nitrogens with zero attached hydrogens (tertiary/aromatic N) is 2. The molecule has 1 aromatic carbocycles. The summed E-state index contributed by atoms with van der Waals surface area (Å²) in [5, 5.41) is 5.97. The molecule has 0 spiro atoms. The Balaban J connectivity index is 1.91. The van der Waals surface area contributed by atoms with Crippen molar-refractivity contribution in [2.45, 2.75) is 32.9 Å². The van der Waals surface area contributed by atoms with Crippen LogP contribution in [0.5, 0.6) is 5.75 Å². The number of amides is 1. The number of pyridine rings is 1. The van der Waals surface area contributed by atoms with Crippen LogP contribution in [0, 0.1) is 19.7 Å². The zero-order valence-electron chi connectivity index (χ0n) is 18.0. The third-order valence-electron chi connectivity index (χ3n) is 5.36. The maximum absolute atomic E-state index is 14.3. The van der Waals surface area contributed by atoms with Gasteiger partial charge in [-0.05, 0) is 49.6 Å². The highest BCUT2D eigenvalue weighted by molar-refractivity contribution is 5.94. The summed E-state index contributed by atoms with van der Waals surface area (Å²) in [4.78, 5) is 18.5. The van der Waals surface area contributed by atoms with Gasteiger partial charge in [-0.2, -0.15) is 0 Å². The summed E-state index contributed by atoms with van der Waals surface area (Å²) in [5.74, 6) is -0.0653. The van der Waals surface area contributed by atoms with Gasteiger partial charge in [0.15, 0.2) is 11.6 Å². The number of ether oxygens (including phenoxy) is 1. The number of anilines is 1. The van der Waals surface area contributed by atoms with E-state index in [0.29, 0.717) is 29.5 Å². The molecule has 1 fully saturated rings. The predicted octanol–water partition coefficient (Wildman–Crippen LogP) is 2.19. The Hall–Kier alpha value is -2.71. The van der Waals surface area contributed by atoms with E-state index in [1.807, 2.05) is 6.07 Å². The number of aryl methyl sites for hydroxylation is 2. The number of piperazine rings is 1. The molecule has 7 nitrogen and oxygen atoms in total. The highest BCUT2D eigenvalue weighted by Gasteiger charge is 2.24. The molecule has 1 saturated heterocycles. The quantitative estimate of drug-likeness (QED) is 0.670. The van der Waals surface area contributed by atoms with Gasteiger partial charge in [0.25, 0.3) is 5.91 Å². The lowest BCUT2D eigenvalue weighted by Gasteiger charge is -2.34. The van der Waals surface area contributed by atoms with Crippen molar-refractivity contribution in [3.8, 4) is 5.75 Å². The normalized spacial score (nSPS) is 18.1. The van der Waals surface area contributed by atoms with Crippen LogP contribution in [0.4, 0.5) is 10.2 Å². The maximum atomic E-state index is 14.3. The molecule has 1 amide bonds. The first-order valence-corrected chi connectivity index (χ1v) is 10.2. The van der Waals surface area contributed by atoms with Gasteiger partial charge < -0.3 is 21.1 Å². The molecule has 0 aliphatic carbocycles. The molecule has 2 atom stereocenters. The Kier molecular flexibility index (Phi) is 6.89. The fraction of sp³-hybridized carbons (Fsp3) is 0.455. The largest absolute Gasteiger partial charge is 0.481 e. The number of nitrogen functional groups attached to an aromatic ring is 1. The first kappa shape index (κ1) is 22.0. The number of rotatable bonds is 6. The van der Waals surface area contributed by atoms with Crippen molar-refractivity contribution in [3.05, 3.63) is 52.5 Å². The summed E-state index contributed by atoms with van der Waals surface area (Å²) < 4.78 is 20.5. The van der Waals surface area contributed by atoms with Gasteiger partial charge in [-0.15, -0.1) is 0 Å². The number of aromatic nitrogens is 1. The topological polar surface area (TPSA) is 92.5 Å². The number of hydrogen-bond acceptors (Lipinski definition) is 6. The van der Waals surface area contributed by atoms with Gasteiger partial charge in [0.1, 0.15) is 17.6 Å². The van der Waals surface area contributed by atoms with Gasteiger partial charge in [0, 0.05) is 39.3 Å². The molecule has 0 unspecified atom stereocenters. The molecule has 3 rings (SSSR count). The SMILES string of the molecule is CNC(=O)c1nc(N)c(O[C@@H](CN2CCN[C@H](C)C2)c2ccc(C)c(F)c2)cc1C. The van der Waals surface area contributed by atoms with Crippen molar-refractivity contribution in [2.24, 2.45) is 0 Å². The van der Waals surface area contributed by atoms with Crippen molar-refractivity contribution in [1.82, 2.24) is 20.5 Å². The van der Waals surface area contributed by atoms with E-state index in [0.717, 1.165) is 25.2 Å². The minimum absolute atomic E-state index is 0.130. The van der Waals surface area contributed by atoms with E-state index in [1.54, 1.807) is 33.0 Å². The number of halogens is 1. The van der Waals surface area contributed by atoms with Crippen LogP contribution < -0.4 is 21.1 Å². The monoisotopic (exact) mass is 415 g/mol. The van der Waals surface area contributed by atoms with Crippen LogP contribution in [0.15, 0.2) is 24.3 Å². The molecular formula is C22H30FN5O2. The maximum Gasteiger partial charge on any atom is 0.269 e. The fourth-order valence-corrected chi connectivity index (χ4v) is 3.63. The first-order chi connectivity index (χ1) is 14.3. The lowest BCUT2D eigenvalue weighted by Crippen LogP contribution is -2.50. The van der Waals surface area contributed by atoms with E-state index in [2.05, 4.69) is 27.4 Å². The third kappa shape index (κ3) is 5.06. The van der Waals surface area contributed by atoms with Crippen molar-refractivity contribution in [2.75, 3.05) is 39.0 Å². The number of hydrogen-bond donors (Lipinski definition) is 3. The standard InChI is InChI=1S/C22H30FN5O2/c1-13-5-6-16(10-17(13)23)19(12-28-8-7-26-15(3)11-28)30-18-9-14(2)20(22(29)25-4)27-21(18)24/h5-6,9-10,15,19,26H,7-8,11-12H2,1-4H3,(H2,24,27)(H,25,29)/t15-,19+/m1/s1. The highest BCUT2D eigenvalue weighted by Crippen LogP contribution is 2.30. The Morgan fingerprint density at radius 1 is 1.40 bits per heavy atom. The average Bonchev–Trinajstić information content (AvgIpc) is 2.71. The summed E-state index contributed by atoms with van der Waals surface area (Å²) in [5.41, 5.74) is 8.34. The Morgan fingerprint density at radius 3 is 2.83 bits per heavy atom. The molecule has 0 bridgehead atoms. The summed E-state index contributed by atoms with van der Waals surface area (Å²) in [6, 6.07) is 7.23. The Bertz CT molecular complexity index is 921. The summed E-state index contributed by atoms with van der Waals surface area (Å²) in [6.07, 6.45) is -0.431. The van der Waals surface area contributed by atoms with E-state index >= 15 is 0 Å². The molecule has 0 saturated carbocycles. The molecule has 4 N–H and O–H groups in total.